The van der Waals surface area contributed by atoms with Crippen molar-refractivity contribution in [1.82, 2.24) is 0 Å². The molecule has 0 saturated heterocycles. The van der Waals surface area contributed by atoms with Crippen LogP contribution in [-0.2, 0) is 6.61 Å². The van der Waals surface area contributed by atoms with E-state index < -0.39 is 0 Å². The van der Waals surface area contributed by atoms with Crippen LogP contribution in [-0.4, -0.2) is 7.05 Å². The van der Waals surface area contributed by atoms with Crippen LogP contribution in [0.25, 0.3) is 0 Å². The fraction of sp³-hybridized carbons (Fsp3) is 0.143. The first-order valence-corrected chi connectivity index (χ1v) is 5.93. The molecule has 0 radical (unpaired) electrons. The number of hydrogen-bond donors (Lipinski definition) is 0. The number of hydrogen-bond acceptors (Lipinski definition) is 3. The summed E-state index contributed by atoms with van der Waals surface area (Å²) in [5.74, 6) is 0.806. The minimum absolute atomic E-state index is 0.520. The van der Waals surface area contributed by atoms with Crippen molar-refractivity contribution in [2.75, 3.05) is 7.05 Å². The molecule has 0 bridgehead atoms. The van der Waals surface area contributed by atoms with Gasteiger partial charge in [-0.1, -0.05) is 23.7 Å². The average Bonchev–Trinajstić information content (AvgIpc) is 2.40. The van der Waals surface area contributed by atoms with E-state index in [1.54, 1.807) is 7.05 Å². The molecule has 0 unspecified atom stereocenters. The average molecular weight is 261 g/mol. The minimum Gasteiger partial charge on any atom is -0.489 e. The van der Waals surface area contributed by atoms with E-state index in [9.17, 15) is 0 Å². The Hall–Kier alpha value is -1.87. The summed E-state index contributed by atoms with van der Waals surface area (Å²) in [4.78, 5) is 0. The summed E-state index contributed by atoms with van der Waals surface area (Å²) in [6.07, 6.45) is 0. The van der Waals surface area contributed by atoms with Crippen LogP contribution in [0, 0.1) is 0 Å². The molecular weight excluding hydrogens is 248 g/mol. The van der Waals surface area contributed by atoms with Gasteiger partial charge in [0.15, 0.2) is 0 Å². The summed E-state index contributed by atoms with van der Waals surface area (Å²) in [6.45, 7) is 0.520. The number of nitrogens with zero attached hydrogens (tertiary/aromatic N) is 2. The van der Waals surface area contributed by atoms with E-state index in [1.807, 2.05) is 48.5 Å². The summed E-state index contributed by atoms with van der Waals surface area (Å²) in [5, 5.41) is 8.37. The Kier molecular flexibility index (Phi) is 4.31. The van der Waals surface area contributed by atoms with Crippen molar-refractivity contribution in [3.63, 3.8) is 0 Å². The van der Waals surface area contributed by atoms with Gasteiger partial charge in [-0.15, -0.1) is 0 Å². The Morgan fingerprint density at radius 2 is 1.67 bits per heavy atom. The molecule has 0 fully saturated rings. The lowest BCUT2D eigenvalue weighted by Crippen LogP contribution is -1.94. The molecule has 92 valence electrons. The summed E-state index contributed by atoms with van der Waals surface area (Å²) in [5.41, 5.74) is 1.90. The number of halogens is 1. The molecule has 0 N–H and O–H groups in total. The largest absolute Gasteiger partial charge is 0.489 e. The second-order valence-electron chi connectivity index (χ2n) is 3.71. The molecule has 0 aliphatic carbocycles. The lowest BCUT2D eigenvalue weighted by molar-refractivity contribution is 0.306. The van der Waals surface area contributed by atoms with Gasteiger partial charge in [-0.25, -0.2) is 0 Å². The summed E-state index contributed by atoms with van der Waals surface area (Å²) in [6, 6.07) is 15.1. The zero-order valence-electron chi connectivity index (χ0n) is 10.0. The highest BCUT2D eigenvalue weighted by Gasteiger charge is 1.97. The van der Waals surface area contributed by atoms with Crippen LogP contribution in [0.4, 0.5) is 5.69 Å². The first kappa shape index (κ1) is 12.6. The molecule has 0 spiro atoms. The molecule has 2 aromatic rings. The highest BCUT2D eigenvalue weighted by molar-refractivity contribution is 6.30. The van der Waals surface area contributed by atoms with Gasteiger partial charge in [0.25, 0.3) is 0 Å². The molecular formula is C14H13ClN2O. The standard InChI is InChI=1S/C14H13ClN2O/c1-16-17-13-6-8-14(9-7-13)18-10-11-2-4-12(15)5-3-11/h2-9H,10H2,1H3. The molecule has 0 atom stereocenters. The number of ether oxygens (including phenoxy) is 1. The maximum absolute atomic E-state index is 5.82. The van der Waals surface area contributed by atoms with Gasteiger partial charge in [0.2, 0.25) is 0 Å². The van der Waals surface area contributed by atoms with Gasteiger partial charge < -0.3 is 4.74 Å². The third-order valence-corrected chi connectivity index (χ3v) is 2.62. The zero-order chi connectivity index (χ0) is 12.8. The Morgan fingerprint density at radius 3 is 2.28 bits per heavy atom. The Bertz CT molecular complexity index is 520. The van der Waals surface area contributed by atoms with E-state index in [-0.39, 0.29) is 0 Å². The molecule has 0 aliphatic rings. The first-order valence-electron chi connectivity index (χ1n) is 5.55. The van der Waals surface area contributed by atoms with E-state index in [0.29, 0.717) is 6.61 Å². The van der Waals surface area contributed by atoms with E-state index in [2.05, 4.69) is 10.2 Å². The quantitative estimate of drug-likeness (QED) is 0.738. The maximum atomic E-state index is 5.82. The molecule has 0 heterocycles. The summed E-state index contributed by atoms with van der Waals surface area (Å²) < 4.78 is 5.65. The molecule has 0 aliphatic heterocycles. The van der Waals surface area contributed by atoms with Crippen molar-refractivity contribution in [3.05, 3.63) is 59.1 Å². The monoisotopic (exact) mass is 260 g/mol. The van der Waals surface area contributed by atoms with Crippen molar-refractivity contribution in [2.45, 2.75) is 6.61 Å². The van der Waals surface area contributed by atoms with Crippen LogP contribution in [0.2, 0.25) is 5.02 Å². The van der Waals surface area contributed by atoms with Gasteiger partial charge in [-0.05, 0) is 42.0 Å². The van der Waals surface area contributed by atoms with Gasteiger partial charge in [0, 0.05) is 12.1 Å². The van der Waals surface area contributed by atoms with Gasteiger partial charge >= 0.3 is 0 Å². The van der Waals surface area contributed by atoms with Crippen molar-refractivity contribution >= 4 is 17.3 Å². The number of azo groups is 1. The molecule has 18 heavy (non-hydrogen) atoms. The SMILES string of the molecule is CN=Nc1ccc(OCc2ccc(Cl)cc2)cc1. The Balaban J connectivity index is 1.95. The van der Waals surface area contributed by atoms with Crippen LogP contribution in [0.3, 0.4) is 0 Å². The number of benzene rings is 2. The van der Waals surface area contributed by atoms with Gasteiger partial charge in [0.05, 0.1) is 5.69 Å². The fourth-order valence-corrected chi connectivity index (χ4v) is 1.60. The highest BCUT2D eigenvalue weighted by atomic mass is 35.5. The van der Waals surface area contributed by atoms with E-state index in [1.165, 1.54) is 0 Å². The fourth-order valence-electron chi connectivity index (χ4n) is 1.47. The molecule has 3 nitrogen and oxygen atoms in total. The summed E-state index contributed by atoms with van der Waals surface area (Å²) in [7, 11) is 1.64. The molecule has 2 aromatic carbocycles. The van der Waals surface area contributed by atoms with Crippen LogP contribution in [0.15, 0.2) is 58.8 Å². The predicted octanol–water partition coefficient (Wildman–Crippen LogP) is 4.63. The van der Waals surface area contributed by atoms with E-state index in [0.717, 1.165) is 22.0 Å². The normalized spacial score (nSPS) is 10.8. The van der Waals surface area contributed by atoms with E-state index in [4.69, 9.17) is 16.3 Å². The second kappa shape index (κ2) is 6.17. The predicted molar refractivity (Wildman–Crippen MR) is 72.7 cm³/mol. The molecule has 0 saturated carbocycles. The van der Waals surface area contributed by atoms with E-state index >= 15 is 0 Å². The van der Waals surface area contributed by atoms with Crippen LogP contribution in [0.5, 0.6) is 5.75 Å². The number of rotatable bonds is 4. The van der Waals surface area contributed by atoms with Gasteiger partial charge in [-0.3, -0.25) is 0 Å². The lowest BCUT2D eigenvalue weighted by Gasteiger charge is -2.06. The van der Waals surface area contributed by atoms with Gasteiger partial charge in [0.1, 0.15) is 12.4 Å². The van der Waals surface area contributed by atoms with Crippen molar-refractivity contribution in [3.8, 4) is 5.75 Å². The third kappa shape index (κ3) is 3.57. The van der Waals surface area contributed by atoms with Crippen molar-refractivity contribution < 1.29 is 4.74 Å². The van der Waals surface area contributed by atoms with Crippen molar-refractivity contribution in [1.29, 1.82) is 0 Å². The van der Waals surface area contributed by atoms with Gasteiger partial charge in [-0.2, -0.15) is 10.2 Å². The Labute approximate surface area is 111 Å². The van der Waals surface area contributed by atoms with Crippen LogP contribution >= 0.6 is 11.6 Å². The molecule has 0 aromatic heterocycles. The highest BCUT2D eigenvalue weighted by Crippen LogP contribution is 2.19. The lowest BCUT2D eigenvalue weighted by atomic mass is 10.2. The van der Waals surface area contributed by atoms with Crippen LogP contribution in [0.1, 0.15) is 5.56 Å². The topological polar surface area (TPSA) is 34.0 Å². The first-order chi connectivity index (χ1) is 8.78. The Morgan fingerprint density at radius 1 is 1.00 bits per heavy atom. The third-order valence-electron chi connectivity index (χ3n) is 2.37. The maximum Gasteiger partial charge on any atom is 0.119 e. The molecule has 4 heteroatoms. The second-order valence-corrected chi connectivity index (χ2v) is 4.15. The molecule has 0 amide bonds. The van der Waals surface area contributed by atoms with Crippen LogP contribution < -0.4 is 4.74 Å². The van der Waals surface area contributed by atoms with Crippen molar-refractivity contribution in [2.24, 2.45) is 10.2 Å². The summed E-state index contributed by atoms with van der Waals surface area (Å²) >= 11 is 5.82. The zero-order valence-corrected chi connectivity index (χ0v) is 10.8. The molecule has 2 rings (SSSR count). The minimum atomic E-state index is 0.520. The smallest absolute Gasteiger partial charge is 0.119 e.